The van der Waals surface area contributed by atoms with Crippen molar-refractivity contribution in [2.24, 2.45) is 5.73 Å². The lowest BCUT2D eigenvalue weighted by atomic mass is 9.93. The lowest BCUT2D eigenvalue weighted by Gasteiger charge is -2.31. The molecule has 0 bridgehead atoms. The largest absolute Gasteiger partial charge is 0.586 e. The number of aromatic nitrogens is 3. The summed E-state index contributed by atoms with van der Waals surface area (Å²) in [5.74, 6) is -2.45. The Balaban J connectivity index is 1.40. The minimum Gasteiger partial charge on any atom is -0.493 e. The fourth-order valence-electron chi connectivity index (χ4n) is 5.30. The molecule has 1 fully saturated rings. The normalized spacial score (nSPS) is 16.4. The van der Waals surface area contributed by atoms with E-state index in [1.165, 1.54) is 29.8 Å². The van der Waals surface area contributed by atoms with Crippen LogP contribution in [0.1, 0.15) is 53.0 Å². The van der Waals surface area contributed by atoms with Crippen molar-refractivity contribution in [2.75, 3.05) is 20.3 Å². The maximum atomic E-state index is 14.8. The molecule has 1 saturated carbocycles. The highest BCUT2D eigenvalue weighted by atomic mass is 19.4. The van der Waals surface area contributed by atoms with E-state index in [-0.39, 0.29) is 52.2 Å². The van der Waals surface area contributed by atoms with Crippen molar-refractivity contribution in [3.63, 3.8) is 0 Å². The van der Waals surface area contributed by atoms with Crippen LogP contribution in [0.25, 0.3) is 16.9 Å². The molecule has 254 valence electrons. The van der Waals surface area contributed by atoms with Crippen molar-refractivity contribution in [3.05, 3.63) is 65.2 Å². The van der Waals surface area contributed by atoms with Crippen molar-refractivity contribution in [3.8, 4) is 34.3 Å². The number of nitrogens with two attached hydrogens (primary N) is 1. The molecular weight excluding hydrogens is 649 g/mol. The van der Waals surface area contributed by atoms with Gasteiger partial charge in [0.05, 0.1) is 43.6 Å². The number of hydrogen-bond donors (Lipinski definition) is 3. The molecule has 4 N–H and O–H groups in total. The van der Waals surface area contributed by atoms with Crippen LogP contribution in [0.2, 0.25) is 0 Å². The molecule has 0 unspecified atom stereocenters. The monoisotopic (exact) mass is 677 g/mol. The van der Waals surface area contributed by atoms with E-state index in [4.69, 9.17) is 15.2 Å². The molecule has 2 amide bonds. The Kier molecular flexibility index (Phi) is 8.05. The maximum Gasteiger partial charge on any atom is 0.586 e. The lowest BCUT2D eigenvalue weighted by molar-refractivity contribution is -0.286. The van der Waals surface area contributed by atoms with Crippen LogP contribution in [-0.4, -0.2) is 64.0 Å². The SMILES string of the molecule is CCOc1c(CC(N)=O)cc([C@@](O)(CNC(=O)c2cc(OC)c3nc(C4CC4)cn3c2)C(F)(F)F)nc1-c1ccc2c(c1)OC(F)(F)O2. The molecule has 4 heterocycles. The summed E-state index contributed by atoms with van der Waals surface area (Å²) in [7, 11) is 1.36. The summed E-state index contributed by atoms with van der Waals surface area (Å²) in [5, 5.41) is 13.4. The molecule has 6 rings (SSSR count). The Bertz CT molecular complexity index is 1930. The second-order valence-electron chi connectivity index (χ2n) is 11.3. The van der Waals surface area contributed by atoms with E-state index >= 15 is 0 Å². The van der Waals surface area contributed by atoms with Crippen molar-refractivity contribution < 1.29 is 55.6 Å². The van der Waals surface area contributed by atoms with Gasteiger partial charge in [-0.3, -0.25) is 9.59 Å². The molecular formula is C31H28F5N5O7. The van der Waals surface area contributed by atoms with E-state index in [2.05, 4.69) is 24.8 Å². The van der Waals surface area contributed by atoms with E-state index in [1.54, 1.807) is 13.1 Å². The molecule has 48 heavy (non-hydrogen) atoms. The van der Waals surface area contributed by atoms with Gasteiger partial charge in [-0.2, -0.15) is 13.2 Å². The average Bonchev–Trinajstić information content (AvgIpc) is 3.69. The van der Waals surface area contributed by atoms with Gasteiger partial charge in [-0.05, 0) is 50.1 Å². The number of aliphatic hydroxyl groups is 1. The van der Waals surface area contributed by atoms with Gasteiger partial charge in [0.2, 0.25) is 11.5 Å². The number of carbonyl (C=O) groups excluding carboxylic acids is 2. The summed E-state index contributed by atoms with van der Waals surface area (Å²) in [6, 6.07) is 5.41. The first-order chi connectivity index (χ1) is 22.6. The fraction of sp³-hybridized carbons (Fsp3) is 0.355. The molecule has 2 aliphatic rings. The molecule has 0 spiro atoms. The van der Waals surface area contributed by atoms with E-state index in [1.807, 2.05) is 0 Å². The van der Waals surface area contributed by atoms with Crippen LogP contribution in [0.5, 0.6) is 23.0 Å². The molecule has 3 aromatic heterocycles. The van der Waals surface area contributed by atoms with E-state index < -0.39 is 54.3 Å². The van der Waals surface area contributed by atoms with Gasteiger partial charge in [-0.15, -0.1) is 8.78 Å². The summed E-state index contributed by atoms with van der Waals surface area (Å²) in [5.41, 5.74) is 1.00. The lowest BCUT2D eigenvalue weighted by Crippen LogP contribution is -2.51. The molecule has 1 atom stereocenters. The predicted octanol–water partition coefficient (Wildman–Crippen LogP) is 4.21. The number of nitrogens with zero attached hydrogens (tertiary/aromatic N) is 3. The number of nitrogens with one attached hydrogen (secondary N) is 1. The number of pyridine rings is 2. The topological polar surface area (TPSA) is 160 Å². The van der Waals surface area contributed by atoms with Gasteiger partial charge in [0.15, 0.2) is 22.9 Å². The Morgan fingerprint density at radius 1 is 1.12 bits per heavy atom. The number of hydrogen-bond acceptors (Lipinski definition) is 9. The van der Waals surface area contributed by atoms with E-state index in [9.17, 15) is 36.6 Å². The van der Waals surface area contributed by atoms with Gasteiger partial charge in [0.1, 0.15) is 11.4 Å². The first-order valence-electron chi connectivity index (χ1n) is 14.6. The number of amides is 2. The summed E-state index contributed by atoms with van der Waals surface area (Å²) in [6.45, 7) is 0.0853. The molecule has 0 radical (unpaired) electrons. The number of fused-ring (bicyclic) bond motifs is 2. The molecule has 1 aliphatic carbocycles. The summed E-state index contributed by atoms with van der Waals surface area (Å²) in [6.07, 6.45) is -5.07. The zero-order chi connectivity index (χ0) is 34.6. The quantitative estimate of drug-likeness (QED) is 0.198. The van der Waals surface area contributed by atoms with E-state index in [0.717, 1.165) is 36.7 Å². The van der Waals surface area contributed by atoms with Crippen molar-refractivity contribution in [1.29, 1.82) is 0 Å². The molecule has 12 nitrogen and oxygen atoms in total. The number of ether oxygens (including phenoxy) is 4. The minimum atomic E-state index is -5.44. The van der Waals surface area contributed by atoms with Gasteiger partial charge in [0.25, 0.3) is 5.91 Å². The third-order valence-electron chi connectivity index (χ3n) is 7.79. The van der Waals surface area contributed by atoms with Crippen LogP contribution >= 0.6 is 0 Å². The number of rotatable bonds is 11. The van der Waals surface area contributed by atoms with Crippen molar-refractivity contribution >= 4 is 17.5 Å². The summed E-state index contributed by atoms with van der Waals surface area (Å²) in [4.78, 5) is 33.8. The molecule has 0 saturated heterocycles. The molecule has 4 aromatic rings. The van der Waals surface area contributed by atoms with Crippen LogP contribution in [0, 0.1) is 0 Å². The third kappa shape index (κ3) is 6.12. The highest BCUT2D eigenvalue weighted by Crippen LogP contribution is 2.46. The Hall–Kier alpha value is -5.19. The number of alkyl halides is 5. The zero-order valence-electron chi connectivity index (χ0n) is 25.4. The van der Waals surface area contributed by atoms with Gasteiger partial charge in [-0.1, -0.05) is 0 Å². The third-order valence-corrected chi connectivity index (χ3v) is 7.79. The van der Waals surface area contributed by atoms with Crippen LogP contribution < -0.4 is 30.0 Å². The number of halogens is 5. The van der Waals surface area contributed by atoms with Gasteiger partial charge < -0.3 is 39.5 Å². The summed E-state index contributed by atoms with van der Waals surface area (Å²) < 4.78 is 93.2. The Morgan fingerprint density at radius 2 is 1.85 bits per heavy atom. The van der Waals surface area contributed by atoms with Gasteiger partial charge in [0, 0.05) is 29.4 Å². The van der Waals surface area contributed by atoms with Crippen LogP contribution in [0.4, 0.5) is 22.0 Å². The first-order valence-corrected chi connectivity index (χ1v) is 14.6. The first kappa shape index (κ1) is 32.7. The van der Waals surface area contributed by atoms with Crippen LogP contribution in [0.15, 0.2) is 42.7 Å². The van der Waals surface area contributed by atoms with Crippen LogP contribution in [0.3, 0.4) is 0 Å². The second kappa shape index (κ2) is 11.8. The maximum absolute atomic E-state index is 14.8. The number of methoxy groups -OCH3 is 1. The highest BCUT2D eigenvalue weighted by Gasteiger charge is 2.57. The van der Waals surface area contributed by atoms with Gasteiger partial charge >= 0.3 is 12.5 Å². The molecule has 17 heteroatoms. The number of benzene rings is 1. The van der Waals surface area contributed by atoms with Crippen molar-refractivity contribution in [1.82, 2.24) is 19.7 Å². The minimum absolute atomic E-state index is 0.0467. The zero-order valence-corrected chi connectivity index (χ0v) is 25.4. The smallest absolute Gasteiger partial charge is 0.493 e. The highest BCUT2D eigenvalue weighted by molar-refractivity contribution is 5.95. The average molecular weight is 678 g/mol. The summed E-state index contributed by atoms with van der Waals surface area (Å²) >= 11 is 0. The molecule has 1 aromatic carbocycles. The van der Waals surface area contributed by atoms with Gasteiger partial charge in [-0.25, -0.2) is 9.97 Å². The second-order valence-corrected chi connectivity index (χ2v) is 11.3. The molecule has 1 aliphatic heterocycles. The fourth-order valence-corrected chi connectivity index (χ4v) is 5.30. The number of imidazole rings is 1. The predicted molar refractivity (Wildman–Crippen MR) is 156 cm³/mol. The number of primary amides is 1. The van der Waals surface area contributed by atoms with Crippen LogP contribution in [-0.2, 0) is 16.8 Å². The standard InChI is InChI=1S/C31H28F5N5O7/c1-3-46-26-17(11-24(37)42)10-23(40-25(26)16-6-7-20-21(8-16)48-31(35,36)47-20)29(44,30(32,33)34)14-38-28(43)18-9-22(45-2)27-39-19(15-4-5-15)13-41(27)12-18/h6-10,12-13,15,44H,3-5,11,14H2,1-2H3,(H2,37,42)(H,38,43)/t29-/m0/s1. The Morgan fingerprint density at radius 3 is 2.50 bits per heavy atom. The van der Waals surface area contributed by atoms with E-state index in [0.29, 0.717) is 5.65 Å². The van der Waals surface area contributed by atoms with Crippen molar-refractivity contribution in [2.45, 2.75) is 50.2 Å². The Labute approximate surface area is 268 Å². The number of carbonyl (C=O) groups is 2.